The molecule has 0 aliphatic heterocycles. The summed E-state index contributed by atoms with van der Waals surface area (Å²) in [5.41, 5.74) is 0.511. The van der Waals surface area contributed by atoms with Gasteiger partial charge < -0.3 is 9.47 Å². The minimum atomic E-state index is -3.98. The van der Waals surface area contributed by atoms with Crippen molar-refractivity contribution in [3.05, 3.63) is 58.1 Å². The van der Waals surface area contributed by atoms with Crippen LogP contribution in [0.25, 0.3) is 0 Å². The zero-order chi connectivity index (χ0) is 20.0. The molecule has 2 aromatic carbocycles. The molecule has 0 saturated carbocycles. The van der Waals surface area contributed by atoms with Crippen molar-refractivity contribution in [2.45, 2.75) is 18.1 Å². The van der Waals surface area contributed by atoms with Crippen LogP contribution in [0.3, 0.4) is 0 Å². The fraction of sp³-hybridized carbons (Fsp3) is 0.188. The monoisotopic (exact) mass is 439 g/mol. The Bertz CT molecular complexity index is 908. The van der Waals surface area contributed by atoms with Gasteiger partial charge in [0.1, 0.15) is 18.9 Å². The maximum Gasteiger partial charge on any atom is 0.387 e. The van der Waals surface area contributed by atoms with Crippen LogP contribution in [0.5, 0.6) is 5.75 Å². The van der Waals surface area contributed by atoms with Gasteiger partial charge in [0.25, 0.3) is 0 Å². The van der Waals surface area contributed by atoms with Gasteiger partial charge in [0.2, 0.25) is 10.0 Å². The zero-order valence-electron chi connectivity index (χ0n) is 13.5. The second kappa shape index (κ2) is 9.32. The lowest BCUT2D eigenvalue weighted by Crippen LogP contribution is -2.30. The van der Waals surface area contributed by atoms with Crippen LogP contribution >= 0.6 is 23.2 Å². The van der Waals surface area contributed by atoms with Crippen molar-refractivity contribution >= 4 is 39.2 Å². The van der Waals surface area contributed by atoms with Gasteiger partial charge in [-0.3, -0.25) is 4.79 Å². The molecule has 11 heteroatoms. The van der Waals surface area contributed by atoms with E-state index in [-0.39, 0.29) is 27.3 Å². The number of benzene rings is 2. The van der Waals surface area contributed by atoms with E-state index in [1.54, 1.807) is 0 Å². The number of alkyl halides is 2. The summed E-state index contributed by atoms with van der Waals surface area (Å²) in [6, 6.07) is 9.17. The molecule has 0 saturated heterocycles. The molecule has 0 amide bonds. The van der Waals surface area contributed by atoms with Gasteiger partial charge in [-0.1, -0.05) is 35.3 Å². The summed E-state index contributed by atoms with van der Waals surface area (Å²) in [6.07, 6.45) is 0. The van der Waals surface area contributed by atoms with Crippen molar-refractivity contribution in [3.63, 3.8) is 0 Å². The summed E-state index contributed by atoms with van der Waals surface area (Å²) in [6.45, 7) is -3.70. The molecule has 2 rings (SSSR count). The van der Waals surface area contributed by atoms with E-state index in [1.807, 2.05) is 0 Å². The van der Waals surface area contributed by atoms with Gasteiger partial charge in [0, 0.05) is 0 Å². The molecular weight excluding hydrogens is 427 g/mol. The first-order valence-corrected chi connectivity index (χ1v) is 9.55. The number of carbonyl (C=O) groups is 1. The number of hydrogen-bond donors (Lipinski definition) is 1. The highest BCUT2D eigenvalue weighted by atomic mass is 35.5. The van der Waals surface area contributed by atoms with E-state index in [2.05, 4.69) is 9.46 Å². The average Bonchev–Trinajstić information content (AvgIpc) is 2.61. The van der Waals surface area contributed by atoms with Crippen LogP contribution < -0.4 is 9.46 Å². The molecule has 0 fully saturated rings. The Morgan fingerprint density at radius 3 is 2.33 bits per heavy atom. The Balaban J connectivity index is 1.85. The van der Waals surface area contributed by atoms with Crippen LogP contribution in [-0.2, 0) is 26.2 Å². The number of carbonyl (C=O) groups excluding carboxylic acids is 1. The highest BCUT2D eigenvalue weighted by Crippen LogP contribution is 2.24. The molecule has 0 bridgehead atoms. The van der Waals surface area contributed by atoms with Crippen molar-refractivity contribution in [1.29, 1.82) is 0 Å². The smallest absolute Gasteiger partial charge is 0.387 e. The number of sulfonamides is 1. The van der Waals surface area contributed by atoms with Gasteiger partial charge in [0.05, 0.1) is 14.9 Å². The van der Waals surface area contributed by atoms with Gasteiger partial charge in [-0.2, -0.15) is 13.5 Å². The third kappa shape index (κ3) is 6.62. The highest BCUT2D eigenvalue weighted by molar-refractivity contribution is 7.89. The Kier molecular flexibility index (Phi) is 7.37. The predicted octanol–water partition coefficient (Wildman–Crippen LogP) is 3.62. The molecule has 0 unspecified atom stereocenters. The normalized spacial score (nSPS) is 11.4. The Hall–Kier alpha value is -1.94. The Labute approximate surface area is 164 Å². The molecule has 0 radical (unpaired) electrons. The Morgan fingerprint density at radius 1 is 1.07 bits per heavy atom. The number of nitrogens with one attached hydrogen (secondary N) is 1. The number of rotatable bonds is 8. The number of hydrogen-bond acceptors (Lipinski definition) is 5. The van der Waals surface area contributed by atoms with Crippen molar-refractivity contribution in [3.8, 4) is 5.75 Å². The number of esters is 1. The molecule has 0 aliphatic carbocycles. The topological polar surface area (TPSA) is 81.7 Å². The first-order chi connectivity index (χ1) is 12.7. The zero-order valence-corrected chi connectivity index (χ0v) is 15.8. The van der Waals surface area contributed by atoms with E-state index < -0.39 is 29.1 Å². The van der Waals surface area contributed by atoms with Gasteiger partial charge in [-0.05, 0) is 35.9 Å². The second-order valence-corrected chi connectivity index (χ2v) is 7.66. The third-order valence-corrected chi connectivity index (χ3v) is 5.29. The maximum absolute atomic E-state index is 12.1. The van der Waals surface area contributed by atoms with E-state index in [0.717, 1.165) is 6.07 Å². The van der Waals surface area contributed by atoms with Gasteiger partial charge in [-0.15, -0.1) is 0 Å². The summed E-state index contributed by atoms with van der Waals surface area (Å²) in [5.74, 6) is -0.860. The molecule has 0 aliphatic rings. The lowest BCUT2D eigenvalue weighted by atomic mass is 10.2. The summed E-state index contributed by atoms with van der Waals surface area (Å²) >= 11 is 11.5. The fourth-order valence-corrected chi connectivity index (χ4v) is 3.22. The molecule has 0 spiro atoms. The largest absolute Gasteiger partial charge is 0.460 e. The quantitative estimate of drug-likeness (QED) is 0.635. The van der Waals surface area contributed by atoms with Crippen molar-refractivity contribution in [2.75, 3.05) is 6.54 Å². The molecule has 27 heavy (non-hydrogen) atoms. The lowest BCUT2D eigenvalue weighted by Gasteiger charge is -2.09. The first-order valence-electron chi connectivity index (χ1n) is 7.31. The van der Waals surface area contributed by atoms with Crippen LogP contribution in [0.4, 0.5) is 8.78 Å². The predicted molar refractivity (Wildman–Crippen MR) is 94.5 cm³/mol. The van der Waals surface area contributed by atoms with E-state index in [1.165, 1.54) is 36.4 Å². The van der Waals surface area contributed by atoms with Crippen molar-refractivity contribution in [2.24, 2.45) is 0 Å². The van der Waals surface area contributed by atoms with E-state index >= 15 is 0 Å². The van der Waals surface area contributed by atoms with Gasteiger partial charge in [0.15, 0.2) is 0 Å². The highest BCUT2D eigenvalue weighted by Gasteiger charge is 2.17. The molecule has 6 nitrogen and oxygen atoms in total. The lowest BCUT2D eigenvalue weighted by molar-refractivity contribution is -0.143. The van der Waals surface area contributed by atoms with E-state index in [4.69, 9.17) is 27.9 Å². The number of halogens is 4. The molecular formula is C16H13Cl2F2NO5S. The van der Waals surface area contributed by atoms with Gasteiger partial charge in [-0.25, -0.2) is 8.42 Å². The van der Waals surface area contributed by atoms with Crippen LogP contribution in [0.2, 0.25) is 10.0 Å². The minimum absolute atomic E-state index is 0.0329. The molecule has 0 atom stereocenters. The first kappa shape index (κ1) is 21.4. The van der Waals surface area contributed by atoms with Crippen molar-refractivity contribution in [1.82, 2.24) is 4.72 Å². The fourth-order valence-electron chi connectivity index (χ4n) is 1.86. The van der Waals surface area contributed by atoms with Crippen molar-refractivity contribution < 1.29 is 31.5 Å². The maximum atomic E-state index is 12.1. The molecule has 2 aromatic rings. The summed E-state index contributed by atoms with van der Waals surface area (Å²) < 4.78 is 59.5. The Morgan fingerprint density at radius 2 is 1.74 bits per heavy atom. The molecule has 1 N–H and O–H groups in total. The van der Waals surface area contributed by atoms with E-state index in [0.29, 0.717) is 5.56 Å². The molecule has 0 aromatic heterocycles. The van der Waals surface area contributed by atoms with E-state index in [9.17, 15) is 22.0 Å². The second-order valence-electron chi connectivity index (χ2n) is 5.08. The third-order valence-electron chi connectivity index (χ3n) is 3.16. The average molecular weight is 440 g/mol. The summed E-state index contributed by atoms with van der Waals surface area (Å²) in [5, 5.41) is 0.251. The summed E-state index contributed by atoms with van der Waals surface area (Å²) in [7, 11) is -3.98. The number of ether oxygens (including phenoxy) is 2. The minimum Gasteiger partial charge on any atom is -0.460 e. The van der Waals surface area contributed by atoms with Gasteiger partial charge >= 0.3 is 12.6 Å². The van der Waals surface area contributed by atoms with Crippen LogP contribution in [0.1, 0.15) is 5.56 Å². The van der Waals surface area contributed by atoms with Crippen LogP contribution in [-0.4, -0.2) is 27.5 Å². The summed E-state index contributed by atoms with van der Waals surface area (Å²) in [4.78, 5) is 11.6. The van der Waals surface area contributed by atoms with Crippen LogP contribution in [0.15, 0.2) is 47.4 Å². The standard InChI is InChI=1S/C16H13Cl2F2NO5S/c17-13-6-5-12(7-14(13)18)27(23,24)21-8-15(22)25-9-10-1-3-11(4-2-10)26-16(19)20/h1-7,16,21H,8-9H2. The SMILES string of the molecule is O=C(CNS(=O)(=O)c1ccc(Cl)c(Cl)c1)OCc1ccc(OC(F)F)cc1. The van der Waals surface area contributed by atoms with Crippen LogP contribution in [0, 0.1) is 0 Å². The molecule has 146 valence electrons. The molecule has 0 heterocycles.